The predicted molar refractivity (Wildman–Crippen MR) is 63.3 cm³/mol. The van der Waals surface area contributed by atoms with Crippen molar-refractivity contribution in [2.45, 2.75) is 37.9 Å². The Balaban J connectivity index is 1.88. The molecule has 0 saturated carbocycles. The van der Waals surface area contributed by atoms with Crippen molar-refractivity contribution in [3.8, 4) is 0 Å². The van der Waals surface area contributed by atoms with E-state index in [2.05, 4.69) is 9.98 Å². The van der Waals surface area contributed by atoms with Crippen LogP contribution in [0.25, 0.3) is 0 Å². The first-order chi connectivity index (χ1) is 9.77. The van der Waals surface area contributed by atoms with Crippen LogP contribution in [-0.2, 0) is 6.42 Å². The van der Waals surface area contributed by atoms with Crippen molar-refractivity contribution in [3.63, 3.8) is 0 Å². The Morgan fingerprint density at radius 3 is 2.81 bits per heavy atom. The second-order valence-electron chi connectivity index (χ2n) is 4.85. The highest BCUT2D eigenvalue weighted by Gasteiger charge is 2.47. The molecule has 2 heterocycles. The van der Waals surface area contributed by atoms with E-state index in [1.807, 2.05) is 0 Å². The molecular formula is C12H13F3N3O3-. The summed E-state index contributed by atoms with van der Waals surface area (Å²) in [6, 6.07) is -0.902. The molecule has 1 aromatic rings. The molecule has 21 heavy (non-hydrogen) atoms. The number of aliphatic imine (C=N–C) groups is 1. The lowest BCUT2D eigenvalue weighted by Crippen LogP contribution is -2.30. The Kier molecular flexibility index (Phi) is 4.19. The minimum atomic E-state index is -4.33. The van der Waals surface area contributed by atoms with Gasteiger partial charge in [0, 0.05) is 12.8 Å². The van der Waals surface area contributed by atoms with E-state index >= 15 is 0 Å². The molecule has 0 fully saturated rings. The van der Waals surface area contributed by atoms with Gasteiger partial charge in [0.25, 0.3) is 0 Å². The normalized spacial score (nSPS) is 22.3. The van der Waals surface area contributed by atoms with Crippen LogP contribution in [0.2, 0.25) is 0 Å². The fourth-order valence-electron chi connectivity index (χ4n) is 2.30. The number of aryl methyl sites for hydroxylation is 1. The molecule has 0 saturated heterocycles. The molecule has 0 bridgehead atoms. The van der Waals surface area contributed by atoms with Gasteiger partial charge in [0.05, 0.1) is 23.8 Å². The summed E-state index contributed by atoms with van der Waals surface area (Å²) in [4.78, 5) is 18.0. The molecule has 9 heteroatoms. The number of carboxylic acid groups (broad SMARTS) is 1. The van der Waals surface area contributed by atoms with E-state index < -0.39 is 24.1 Å². The molecule has 2 rings (SSSR count). The van der Waals surface area contributed by atoms with Crippen molar-refractivity contribution < 1.29 is 27.5 Å². The average Bonchev–Trinajstić information content (AvgIpc) is 2.95. The zero-order valence-electron chi connectivity index (χ0n) is 10.9. The summed E-state index contributed by atoms with van der Waals surface area (Å²) in [6.07, 6.45) is -2.93. The maximum Gasteiger partial charge on any atom is 0.394 e. The van der Waals surface area contributed by atoms with Crippen LogP contribution in [0.4, 0.5) is 13.2 Å². The number of alkyl halides is 3. The fraction of sp³-hybridized carbons (Fsp3) is 0.583. The highest BCUT2D eigenvalue weighted by molar-refractivity contribution is 5.83. The van der Waals surface area contributed by atoms with Gasteiger partial charge < -0.3 is 20.1 Å². The lowest BCUT2D eigenvalue weighted by Gasteiger charge is -2.20. The standard InChI is InChI=1S/C12H14F3N3O3/c13-12(14,15)6-4-9(16)17-7(6)2-1-3-10-18-8(5-21-10)11(19)20/h5-7H,1-4H2,(H2,16,17)(H,19,20)/p-1/t6-,7+/m1/s1. The molecule has 1 aliphatic rings. The average molecular weight is 304 g/mol. The van der Waals surface area contributed by atoms with Crippen LogP contribution in [0, 0.1) is 5.92 Å². The molecule has 0 spiro atoms. The highest BCUT2D eigenvalue weighted by atomic mass is 19.4. The zero-order valence-corrected chi connectivity index (χ0v) is 10.9. The molecule has 6 nitrogen and oxygen atoms in total. The van der Waals surface area contributed by atoms with Gasteiger partial charge in [-0.3, -0.25) is 4.99 Å². The molecule has 0 unspecified atom stereocenters. The summed E-state index contributed by atoms with van der Waals surface area (Å²) < 4.78 is 43.3. The second-order valence-corrected chi connectivity index (χ2v) is 4.85. The molecule has 0 aliphatic carbocycles. The summed E-state index contributed by atoms with van der Waals surface area (Å²) >= 11 is 0. The lowest BCUT2D eigenvalue weighted by molar-refractivity contribution is -0.255. The maximum absolute atomic E-state index is 12.8. The van der Waals surface area contributed by atoms with Crippen LogP contribution >= 0.6 is 0 Å². The van der Waals surface area contributed by atoms with Gasteiger partial charge in [-0.1, -0.05) is 0 Å². The van der Waals surface area contributed by atoms with Gasteiger partial charge in [-0.15, -0.1) is 0 Å². The molecule has 0 radical (unpaired) electrons. The van der Waals surface area contributed by atoms with Gasteiger partial charge in [-0.2, -0.15) is 13.2 Å². The van der Waals surface area contributed by atoms with E-state index in [0.717, 1.165) is 6.26 Å². The third-order valence-electron chi connectivity index (χ3n) is 3.30. The maximum atomic E-state index is 12.8. The molecule has 2 atom stereocenters. The van der Waals surface area contributed by atoms with Crippen molar-refractivity contribution in [1.82, 2.24) is 4.98 Å². The van der Waals surface area contributed by atoms with E-state index in [0.29, 0.717) is 6.42 Å². The van der Waals surface area contributed by atoms with Crippen molar-refractivity contribution in [2.24, 2.45) is 16.6 Å². The summed E-state index contributed by atoms with van der Waals surface area (Å²) in [5, 5.41) is 10.5. The monoisotopic (exact) mass is 304 g/mol. The van der Waals surface area contributed by atoms with E-state index in [9.17, 15) is 23.1 Å². The van der Waals surface area contributed by atoms with Crippen molar-refractivity contribution >= 4 is 11.8 Å². The fourth-order valence-corrected chi connectivity index (χ4v) is 2.30. The molecule has 0 amide bonds. The van der Waals surface area contributed by atoms with Crippen LogP contribution in [0.5, 0.6) is 0 Å². The molecule has 1 aliphatic heterocycles. The molecule has 0 aromatic carbocycles. The van der Waals surface area contributed by atoms with Crippen LogP contribution in [0.1, 0.15) is 35.6 Å². The largest absolute Gasteiger partial charge is 0.543 e. The number of carbonyl (C=O) groups is 1. The zero-order chi connectivity index (χ0) is 15.6. The van der Waals surface area contributed by atoms with Gasteiger partial charge >= 0.3 is 6.18 Å². The second kappa shape index (κ2) is 5.74. The number of aromatic nitrogens is 1. The Morgan fingerprint density at radius 1 is 1.52 bits per heavy atom. The number of hydrogen-bond acceptors (Lipinski definition) is 6. The molecule has 116 valence electrons. The Bertz CT molecular complexity index is 553. The number of carbonyl (C=O) groups excluding carboxylic acids is 1. The van der Waals surface area contributed by atoms with Crippen molar-refractivity contribution in [3.05, 3.63) is 17.8 Å². The van der Waals surface area contributed by atoms with Crippen LogP contribution in [0.15, 0.2) is 15.7 Å². The molecule has 2 N–H and O–H groups in total. The number of rotatable bonds is 5. The molecular weight excluding hydrogens is 291 g/mol. The Morgan fingerprint density at radius 2 is 2.24 bits per heavy atom. The first kappa shape index (κ1) is 15.3. The summed E-state index contributed by atoms with van der Waals surface area (Å²) in [6.45, 7) is 0. The number of nitrogens with zero attached hydrogens (tertiary/aromatic N) is 2. The van der Waals surface area contributed by atoms with Crippen LogP contribution < -0.4 is 10.8 Å². The van der Waals surface area contributed by atoms with Crippen LogP contribution in [-0.4, -0.2) is 29.0 Å². The third kappa shape index (κ3) is 3.73. The Hall–Kier alpha value is -2.06. The van der Waals surface area contributed by atoms with Crippen LogP contribution in [0.3, 0.4) is 0 Å². The summed E-state index contributed by atoms with van der Waals surface area (Å²) in [5.41, 5.74) is 5.05. The summed E-state index contributed by atoms with van der Waals surface area (Å²) in [7, 11) is 0. The number of carboxylic acids is 1. The Labute approximate surface area is 117 Å². The van der Waals surface area contributed by atoms with Crippen molar-refractivity contribution in [2.75, 3.05) is 0 Å². The smallest absolute Gasteiger partial charge is 0.394 e. The lowest BCUT2D eigenvalue weighted by atomic mass is 9.94. The van der Waals surface area contributed by atoms with Gasteiger partial charge in [-0.05, 0) is 12.8 Å². The van der Waals surface area contributed by atoms with Gasteiger partial charge in [-0.25, -0.2) is 4.98 Å². The summed E-state index contributed by atoms with van der Waals surface area (Å²) in [5.74, 6) is -2.86. The van der Waals surface area contributed by atoms with E-state index in [4.69, 9.17) is 10.2 Å². The predicted octanol–water partition coefficient (Wildman–Crippen LogP) is 0.669. The number of amidine groups is 1. The quantitative estimate of drug-likeness (QED) is 0.860. The topological polar surface area (TPSA) is 105 Å². The minimum Gasteiger partial charge on any atom is -0.543 e. The highest BCUT2D eigenvalue weighted by Crippen LogP contribution is 2.37. The SMILES string of the molecule is NC1=N[C@@H](CCCc2nc(C(=O)[O-])co2)[C@H](C(F)(F)F)C1. The first-order valence-corrected chi connectivity index (χ1v) is 6.32. The number of aromatic carboxylic acids is 1. The first-order valence-electron chi connectivity index (χ1n) is 6.32. The van der Waals surface area contributed by atoms with Gasteiger partial charge in [0.15, 0.2) is 5.89 Å². The minimum absolute atomic E-state index is 0.0117. The number of hydrogen-bond donors (Lipinski definition) is 1. The van der Waals surface area contributed by atoms with E-state index in [1.165, 1.54) is 0 Å². The van der Waals surface area contributed by atoms with Gasteiger partial charge in [0.1, 0.15) is 12.0 Å². The third-order valence-corrected chi connectivity index (χ3v) is 3.30. The number of nitrogens with two attached hydrogens (primary N) is 1. The van der Waals surface area contributed by atoms with E-state index in [-0.39, 0.29) is 36.7 Å². The van der Waals surface area contributed by atoms with E-state index in [1.54, 1.807) is 0 Å². The molecule has 1 aromatic heterocycles. The number of halogens is 3. The number of oxazole rings is 1. The van der Waals surface area contributed by atoms with Crippen molar-refractivity contribution in [1.29, 1.82) is 0 Å². The van der Waals surface area contributed by atoms with Gasteiger partial charge in [0.2, 0.25) is 0 Å².